The highest BCUT2D eigenvalue weighted by molar-refractivity contribution is 7.58. The number of quaternary nitrogens is 1. The lowest BCUT2D eigenvalue weighted by molar-refractivity contribution is -0.397. The fraction of sp³-hybridized carbons (Fsp3) is 0.231. The second kappa shape index (κ2) is 13.5. The number of benzene rings is 3. The zero-order chi connectivity index (χ0) is 25.4. The summed E-state index contributed by atoms with van der Waals surface area (Å²) in [6.45, 7) is -0.793. The Hall–Kier alpha value is -2.81. The topological polar surface area (TPSA) is 152 Å². The molecule has 0 aromatic heterocycles. The third-order valence-corrected chi connectivity index (χ3v) is 8.10. The summed E-state index contributed by atoms with van der Waals surface area (Å²) in [6, 6.07) is 24.4. The Balaban J connectivity index is 0.00000456. The van der Waals surface area contributed by atoms with Gasteiger partial charge in [-0.25, -0.2) is 4.79 Å². The Morgan fingerprint density at radius 1 is 0.889 bits per heavy atom. The van der Waals surface area contributed by atoms with Gasteiger partial charge in [-0.2, -0.15) is 0 Å². The molecule has 0 bridgehead atoms. The molecule has 3 aromatic carbocycles. The first-order valence-corrected chi connectivity index (χ1v) is 13.1. The highest BCUT2D eigenvalue weighted by atomic mass is 79.9. The van der Waals surface area contributed by atoms with Crippen molar-refractivity contribution in [1.82, 2.24) is 5.32 Å². The number of amides is 1. The van der Waals surface area contributed by atoms with E-state index in [1.54, 1.807) is 30.3 Å². The fourth-order valence-corrected chi connectivity index (χ4v) is 5.63. The van der Waals surface area contributed by atoms with Crippen LogP contribution in [-0.2, 0) is 20.6 Å². The molecule has 0 fully saturated rings. The Labute approximate surface area is 220 Å². The number of rotatable bonds is 11. The smallest absolute Gasteiger partial charge is 0.328 e. The van der Waals surface area contributed by atoms with Gasteiger partial charge in [0, 0.05) is 11.7 Å². The first-order valence-electron chi connectivity index (χ1n) is 11.2. The normalized spacial score (nSPS) is 15.0. The van der Waals surface area contributed by atoms with Crippen molar-refractivity contribution in [2.24, 2.45) is 5.92 Å². The van der Waals surface area contributed by atoms with Gasteiger partial charge in [0.05, 0.1) is 12.5 Å². The summed E-state index contributed by atoms with van der Waals surface area (Å²) in [5.74, 6) is -4.06. The van der Waals surface area contributed by atoms with Gasteiger partial charge in [-0.15, -0.1) is 0 Å². The number of carboxylic acid groups (broad SMARTS) is 1. The number of carbonyl (C=O) groups excluding carboxylic acids is 1. The van der Waals surface area contributed by atoms with Crippen molar-refractivity contribution < 1.29 is 52.0 Å². The first-order chi connectivity index (χ1) is 16.7. The highest BCUT2D eigenvalue weighted by Crippen LogP contribution is 2.52. The van der Waals surface area contributed by atoms with Crippen molar-refractivity contribution in [1.29, 1.82) is 0 Å². The maximum atomic E-state index is 13.3. The third-order valence-electron chi connectivity index (χ3n) is 5.86. The summed E-state index contributed by atoms with van der Waals surface area (Å²) >= 11 is 0. The number of hydrogen-bond donors (Lipinski definition) is 5. The van der Waals surface area contributed by atoms with Gasteiger partial charge in [-0.3, -0.25) is 9.36 Å². The standard InChI is InChI=1S/C26H29N2O6P.BrH/c27-24(21-9-5-2-6-10-21)35(33,34)17-22(25(30)28-23(16-29)26(31)32)15-18-11-13-20(14-12-18)19-7-3-1-4-8-19;/h1-14,22-24,29H,15-17,27H2,(H,28,30)(H,31,32)(H,33,34);1H/t22-,23+,24-;/m1./s1. The summed E-state index contributed by atoms with van der Waals surface area (Å²) in [6.07, 6.45) is -0.273. The lowest BCUT2D eigenvalue weighted by Gasteiger charge is -2.24. The summed E-state index contributed by atoms with van der Waals surface area (Å²) in [5, 5.41) is 20.8. The Bertz CT molecular complexity index is 1180. The minimum absolute atomic E-state index is 0. The average Bonchev–Trinajstić information content (AvgIpc) is 2.87. The van der Waals surface area contributed by atoms with E-state index < -0.39 is 43.6 Å². The third kappa shape index (κ3) is 7.85. The number of carboxylic acids is 1. The van der Waals surface area contributed by atoms with Crippen molar-refractivity contribution in [3.63, 3.8) is 0 Å². The maximum absolute atomic E-state index is 13.3. The molecule has 192 valence electrons. The van der Waals surface area contributed by atoms with E-state index in [1.165, 1.54) is 0 Å². The van der Waals surface area contributed by atoms with Gasteiger partial charge in [0.25, 0.3) is 7.37 Å². The Morgan fingerprint density at radius 2 is 1.42 bits per heavy atom. The minimum atomic E-state index is -3.97. The molecule has 1 amide bonds. The van der Waals surface area contributed by atoms with Gasteiger partial charge < -0.3 is 43.1 Å². The molecule has 0 aliphatic carbocycles. The lowest BCUT2D eigenvalue weighted by Crippen LogP contribution is -3.00. The zero-order valence-corrected chi connectivity index (χ0v) is 22.0. The van der Waals surface area contributed by atoms with E-state index in [4.69, 9.17) is 0 Å². The molecule has 0 aliphatic rings. The largest absolute Gasteiger partial charge is 1.00 e. The molecule has 0 heterocycles. The Morgan fingerprint density at radius 3 is 1.94 bits per heavy atom. The second-order valence-electron chi connectivity index (χ2n) is 8.41. The number of nitrogens with one attached hydrogen (secondary N) is 1. The lowest BCUT2D eigenvalue weighted by atomic mass is 9.97. The van der Waals surface area contributed by atoms with E-state index in [0.29, 0.717) is 5.56 Å². The molecule has 0 saturated heterocycles. The van der Waals surface area contributed by atoms with Crippen molar-refractivity contribution in [3.05, 3.63) is 96.1 Å². The molecule has 0 spiro atoms. The monoisotopic (exact) mass is 576 g/mol. The fourth-order valence-electron chi connectivity index (χ4n) is 3.81. The SMILES string of the molecule is [Br-].[NH3+][C@@H](c1ccccc1)P(=O)(O)C[C@@H](Cc1ccc(-c2ccccc2)cc1)C(=O)N[C@@H](CO)C(=O)O. The van der Waals surface area contributed by atoms with E-state index in [-0.39, 0.29) is 29.6 Å². The predicted molar refractivity (Wildman–Crippen MR) is 132 cm³/mol. The molecular weight excluding hydrogens is 547 g/mol. The van der Waals surface area contributed by atoms with Crippen molar-refractivity contribution >= 4 is 19.2 Å². The number of hydrogen-bond acceptors (Lipinski definition) is 4. The van der Waals surface area contributed by atoms with Crippen molar-refractivity contribution in [2.45, 2.75) is 18.2 Å². The maximum Gasteiger partial charge on any atom is 0.328 e. The summed E-state index contributed by atoms with van der Waals surface area (Å²) in [5.41, 5.74) is 7.21. The molecule has 1 unspecified atom stereocenters. The molecule has 4 atom stereocenters. The van der Waals surface area contributed by atoms with Crippen LogP contribution in [-0.4, -0.2) is 45.8 Å². The number of aliphatic carboxylic acids is 1. The van der Waals surface area contributed by atoms with Crippen LogP contribution in [0.3, 0.4) is 0 Å². The van der Waals surface area contributed by atoms with E-state index >= 15 is 0 Å². The van der Waals surface area contributed by atoms with E-state index in [0.717, 1.165) is 16.7 Å². The molecule has 3 rings (SSSR count). The number of halogens is 1. The van der Waals surface area contributed by atoms with Gasteiger partial charge in [-0.1, -0.05) is 84.9 Å². The van der Waals surface area contributed by atoms with Gasteiger partial charge in [-0.05, 0) is 23.1 Å². The summed E-state index contributed by atoms with van der Waals surface area (Å²) in [4.78, 5) is 35.2. The van der Waals surface area contributed by atoms with Crippen LogP contribution in [0.5, 0.6) is 0 Å². The van der Waals surface area contributed by atoms with Gasteiger partial charge in [0.1, 0.15) is 6.04 Å². The van der Waals surface area contributed by atoms with Crippen molar-refractivity contribution in [2.75, 3.05) is 12.8 Å². The summed E-state index contributed by atoms with van der Waals surface area (Å²) < 4.78 is 13.3. The molecule has 36 heavy (non-hydrogen) atoms. The minimum Gasteiger partial charge on any atom is -1.00 e. The molecule has 10 heteroatoms. The van der Waals surface area contributed by atoms with Crippen LogP contribution in [0, 0.1) is 5.92 Å². The van der Waals surface area contributed by atoms with Crippen LogP contribution in [0.15, 0.2) is 84.9 Å². The molecule has 0 saturated carbocycles. The van der Waals surface area contributed by atoms with Gasteiger partial charge in [0.2, 0.25) is 5.91 Å². The van der Waals surface area contributed by atoms with E-state index in [1.807, 2.05) is 54.6 Å². The zero-order valence-electron chi connectivity index (χ0n) is 19.5. The Kier molecular flexibility index (Phi) is 11.0. The molecular formula is C26H30BrN2O6P. The van der Waals surface area contributed by atoms with Gasteiger partial charge >= 0.3 is 5.97 Å². The van der Waals surface area contributed by atoms with Crippen LogP contribution in [0.2, 0.25) is 0 Å². The average molecular weight is 577 g/mol. The highest BCUT2D eigenvalue weighted by Gasteiger charge is 2.38. The summed E-state index contributed by atoms with van der Waals surface area (Å²) in [7, 11) is -3.97. The predicted octanol–water partition coefficient (Wildman–Crippen LogP) is -0.711. The van der Waals surface area contributed by atoms with Crippen molar-refractivity contribution in [3.8, 4) is 11.1 Å². The molecule has 8 nitrogen and oxygen atoms in total. The first kappa shape index (κ1) is 29.4. The van der Waals surface area contributed by atoms with Gasteiger partial charge in [0.15, 0.2) is 5.78 Å². The number of aliphatic hydroxyl groups excluding tert-OH is 1. The van der Waals surface area contributed by atoms with E-state index in [2.05, 4.69) is 11.1 Å². The van der Waals surface area contributed by atoms with Crippen LogP contribution in [0.25, 0.3) is 11.1 Å². The van der Waals surface area contributed by atoms with Crippen LogP contribution < -0.4 is 28.0 Å². The van der Waals surface area contributed by atoms with Crippen LogP contribution >= 0.6 is 7.37 Å². The molecule has 7 N–H and O–H groups in total. The van der Waals surface area contributed by atoms with Crippen LogP contribution in [0.1, 0.15) is 16.9 Å². The number of aliphatic hydroxyl groups is 1. The second-order valence-corrected chi connectivity index (χ2v) is 10.9. The number of carbonyl (C=O) groups is 2. The van der Waals surface area contributed by atoms with Crippen LogP contribution in [0.4, 0.5) is 0 Å². The molecule has 0 radical (unpaired) electrons. The molecule has 0 aliphatic heterocycles. The molecule has 3 aromatic rings. The van der Waals surface area contributed by atoms with E-state index in [9.17, 15) is 29.3 Å². The quantitative estimate of drug-likeness (QED) is 0.190.